The van der Waals surface area contributed by atoms with Crippen LogP contribution < -0.4 is 16.8 Å². The predicted octanol–water partition coefficient (Wildman–Crippen LogP) is 6.84. The van der Waals surface area contributed by atoms with E-state index in [1.54, 1.807) is 14.0 Å². The molecule has 0 aliphatic heterocycles. The Morgan fingerprint density at radius 2 is 1.78 bits per heavy atom. The van der Waals surface area contributed by atoms with Gasteiger partial charge in [0.2, 0.25) is 0 Å². The third-order valence-electron chi connectivity index (χ3n) is 6.74. The van der Waals surface area contributed by atoms with E-state index in [9.17, 15) is 14.0 Å². The molecule has 10 heteroatoms. The number of halogens is 2. The number of allylic oxidation sites excluding steroid dienone is 5. The van der Waals surface area contributed by atoms with Crippen molar-refractivity contribution in [3.05, 3.63) is 113 Å². The summed E-state index contributed by atoms with van der Waals surface area (Å²) in [5.74, 6) is -1.10. The van der Waals surface area contributed by atoms with Gasteiger partial charge in [-0.05, 0) is 73.5 Å². The van der Waals surface area contributed by atoms with Gasteiger partial charge in [-0.3, -0.25) is 9.98 Å². The number of nitrogens with one attached hydrogen (secondary N) is 1. The van der Waals surface area contributed by atoms with Crippen LogP contribution in [0.2, 0.25) is 0 Å². The van der Waals surface area contributed by atoms with E-state index < -0.39 is 17.7 Å². The molecular formula is C35H44F2N8. The molecule has 0 saturated carbocycles. The lowest BCUT2D eigenvalue weighted by atomic mass is 9.95. The molecule has 0 bridgehead atoms. The molecule has 238 valence electrons. The summed E-state index contributed by atoms with van der Waals surface area (Å²) >= 11 is 0. The van der Waals surface area contributed by atoms with Crippen LogP contribution in [-0.4, -0.2) is 38.7 Å². The molecule has 2 atom stereocenters. The quantitative estimate of drug-likeness (QED) is 0.0928. The number of benzene rings is 2. The fourth-order valence-electron chi connectivity index (χ4n) is 3.92. The molecule has 0 radical (unpaired) electrons. The maximum absolute atomic E-state index is 13.8. The number of nitrogens with two attached hydrogens (primary N) is 2. The third kappa shape index (κ3) is 12.3. The van der Waals surface area contributed by atoms with Crippen LogP contribution in [0.3, 0.4) is 0 Å². The van der Waals surface area contributed by atoms with Gasteiger partial charge in [-0.25, -0.2) is 18.8 Å². The van der Waals surface area contributed by atoms with Crippen LogP contribution in [0.4, 0.5) is 8.78 Å². The fraction of sp³-hybridized carbons (Fsp3) is 0.286. The lowest BCUT2D eigenvalue weighted by Crippen LogP contribution is -2.24. The van der Waals surface area contributed by atoms with E-state index in [-0.39, 0.29) is 5.70 Å². The molecule has 0 aliphatic rings. The summed E-state index contributed by atoms with van der Waals surface area (Å²) in [6.07, 6.45) is 8.21. The molecule has 0 saturated heterocycles. The van der Waals surface area contributed by atoms with Crippen LogP contribution in [-0.2, 0) is 6.42 Å². The van der Waals surface area contributed by atoms with E-state index in [1.165, 1.54) is 25.7 Å². The average molecular weight is 615 g/mol. The summed E-state index contributed by atoms with van der Waals surface area (Å²) in [5, 5.41) is 12.7. The lowest BCUT2D eigenvalue weighted by molar-refractivity contribution is 0.504. The molecule has 0 spiro atoms. The summed E-state index contributed by atoms with van der Waals surface area (Å²) in [5.41, 5.74) is 15.8. The monoisotopic (exact) mass is 614 g/mol. The zero-order valence-electron chi connectivity index (χ0n) is 27.0. The zero-order valence-corrected chi connectivity index (χ0v) is 27.0. The van der Waals surface area contributed by atoms with Crippen LogP contribution in [0.1, 0.15) is 56.8 Å². The maximum Gasteiger partial charge on any atom is 0.159 e. The van der Waals surface area contributed by atoms with Gasteiger partial charge in [0.15, 0.2) is 17.3 Å². The van der Waals surface area contributed by atoms with Crippen LogP contribution in [0.15, 0.2) is 104 Å². The third-order valence-corrected chi connectivity index (χ3v) is 6.74. The average Bonchev–Trinajstić information content (AvgIpc) is 3.05. The number of nitriles is 1. The van der Waals surface area contributed by atoms with Gasteiger partial charge >= 0.3 is 0 Å². The molecule has 2 unspecified atom stereocenters. The second-order valence-electron chi connectivity index (χ2n) is 9.93. The number of rotatable bonds is 14. The topological polar surface area (TPSA) is 137 Å². The molecule has 0 fully saturated rings. The second kappa shape index (κ2) is 20.0. The first-order valence-electron chi connectivity index (χ1n) is 14.4. The first-order valence-corrected chi connectivity index (χ1v) is 14.4. The Bertz CT molecular complexity index is 1520. The Kier molecular flexibility index (Phi) is 16.9. The highest BCUT2D eigenvalue weighted by molar-refractivity contribution is 6.07. The van der Waals surface area contributed by atoms with Crippen molar-refractivity contribution >= 4 is 30.2 Å². The van der Waals surface area contributed by atoms with Crippen LogP contribution in [0.25, 0.3) is 5.57 Å². The van der Waals surface area contributed by atoms with Crippen molar-refractivity contribution in [1.29, 1.82) is 5.26 Å². The highest BCUT2D eigenvalue weighted by atomic mass is 19.2. The molecule has 45 heavy (non-hydrogen) atoms. The number of nitrogens with zero attached hydrogens (tertiary/aromatic N) is 5. The van der Waals surface area contributed by atoms with Crippen molar-refractivity contribution in [2.45, 2.75) is 46.6 Å². The smallest absolute Gasteiger partial charge is 0.159 e. The molecular weight excluding hydrogens is 570 g/mol. The van der Waals surface area contributed by atoms with Gasteiger partial charge < -0.3 is 16.8 Å². The molecule has 2 aromatic rings. The van der Waals surface area contributed by atoms with E-state index in [2.05, 4.69) is 70.3 Å². The van der Waals surface area contributed by atoms with Gasteiger partial charge in [-0.15, -0.1) is 0 Å². The number of hydrogen-bond donors (Lipinski definition) is 3. The Morgan fingerprint density at radius 3 is 2.33 bits per heavy atom. The summed E-state index contributed by atoms with van der Waals surface area (Å²) in [7, 11) is 3.13. The van der Waals surface area contributed by atoms with Gasteiger partial charge in [0, 0.05) is 25.2 Å². The number of amidine groups is 1. The highest BCUT2D eigenvalue weighted by Gasteiger charge is 2.15. The summed E-state index contributed by atoms with van der Waals surface area (Å²) in [4.78, 5) is 16.2. The van der Waals surface area contributed by atoms with Gasteiger partial charge in [-0.1, -0.05) is 69.3 Å². The van der Waals surface area contributed by atoms with E-state index in [1.807, 2.05) is 37.3 Å². The molecule has 2 aromatic carbocycles. The summed E-state index contributed by atoms with van der Waals surface area (Å²) in [6, 6.07) is 13.2. The van der Waals surface area contributed by atoms with Gasteiger partial charge in [-0.2, -0.15) is 5.26 Å². The van der Waals surface area contributed by atoms with Crippen LogP contribution in [0, 0.1) is 28.9 Å². The first-order chi connectivity index (χ1) is 21.5. The zero-order chi connectivity index (χ0) is 33.9. The Balaban J connectivity index is 0.00000496. The minimum atomic E-state index is -0.938. The minimum absolute atomic E-state index is 0.0476. The second-order valence-corrected chi connectivity index (χ2v) is 9.93. The van der Waals surface area contributed by atoms with Crippen molar-refractivity contribution in [2.24, 2.45) is 37.4 Å². The Labute approximate surface area is 266 Å². The standard InChI is InChI=1S/C34H39F2N7.CH5N/c1-8-22(2)9-15-30(23(3)34(38)41-21-40-7)27-12-10-26(11-13-27)17-33(43-29(19-37)20-39-6)25(5)42-24(4)28-14-16-31(35)32(36)18-28;1-2/h9-16,18,20-22,24,42H,5-6,8,17H2,1-4,7H3,(H2,38,40,41);2H2,1H3/b15-9-,29-20-,30-23-,43-33?;. The first kappa shape index (κ1) is 38.0. The molecule has 0 aromatic heterocycles. The fourth-order valence-corrected chi connectivity index (χ4v) is 3.92. The predicted molar refractivity (Wildman–Crippen MR) is 185 cm³/mol. The van der Waals surface area contributed by atoms with Crippen LogP contribution >= 0.6 is 0 Å². The molecule has 2 rings (SSSR count). The molecule has 0 heterocycles. The molecule has 8 nitrogen and oxygen atoms in total. The normalized spacial score (nSPS) is 14.3. The van der Waals surface area contributed by atoms with E-state index in [0.29, 0.717) is 35.1 Å². The van der Waals surface area contributed by atoms with E-state index in [4.69, 9.17) is 5.73 Å². The Morgan fingerprint density at radius 1 is 1.11 bits per heavy atom. The molecule has 5 N–H and O–H groups in total. The van der Waals surface area contributed by atoms with Crippen molar-refractivity contribution < 1.29 is 8.78 Å². The lowest BCUT2D eigenvalue weighted by Gasteiger charge is -2.19. The summed E-state index contributed by atoms with van der Waals surface area (Å²) in [6.45, 7) is 15.5. The van der Waals surface area contributed by atoms with Crippen molar-refractivity contribution in [2.75, 3.05) is 14.1 Å². The largest absolute Gasteiger partial charge is 0.383 e. The minimum Gasteiger partial charge on any atom is -0.383 e. The highest BCUT2D eigenvalue weighted by Crippen LogP contribution is 2.24. The van der Waals surface area contributed by atoms with Gasteiger partial charge in [0.05, 0.1) is 11.9 Å². The number of aliphatic imine (C=N–C) groups is 4. The SMILES string of the molecule is C=N/C=C(/C#N)N=C(Cc1ccc(C(/C=C\C(C)CC)=C(/C)C(N)=NC=NC)cc1)C(=C)NC(C)c1ccc(F)c(F)c1.CN. The van der Waals surface area contributed by atoms with E-state index in [0.717, 1.165) is 40.8 Å². The summed E-state index contributed by atoms with van der Waals surface area (Å²) < 4.78 is 27.3. The number of hydrogen-bond acceptors (Lipinski definition) is 6. The maximum atomic E-state index is 13.8. The van der Waals surface area contributed by atoms with E-state index >= 15 is 0 Å². The van der Waals surface area contributed by atoms with Gasteiger partial charge in [0.1, 0.15) is 18.2 Å². The van der Waals surface area contributed by atoms with Crippen molar-refractivity contribution in [3.63, 3.8) is 0 Å². The van der Waals surface area contributed by atoms with Crippen LogP contribution in [0.5, 0.6) is 0 Å². The molecule has 0 amide bonds. The van der Waals surface area contributed by atoms with Crippen molar-refractivity contribution in [3.8, 4) is 6.07 Å². The van der Waals surface area contributed by atoms with Crippen molar-refractivity contribution in [1.82, 2.24) is 5.32 Å². The Hall–Kier alpha value is -5.01. The van der Waals surface area contributed by atoms with Gasteiger partial charge in [0.25, 0.3) is 0 Å². The molecule has 0 aliphatic carbocycles.